The maximum Gasteiger partial charge on any atom is 0.301 e. The first-order chi connectivity index (χ1) is 5.46. The first-order valence-electron chi connectivity index (χ1n) is 3.33. The van der Waals surface area contributed by atoms with Crippen LogP contribution < -0.4 is 0 Å². The van der Waals surface area contributed by atoms with E-state index in [0.29, 0.717) is 0 Å². The van der Waals surface area contributed by atoms with Crippen molar-refractivity contribution >= 4 is 19.5 Å². The number of alkyl halides is 2. The smallest absolute Gasteiger partial charge is 0.301 e. The quantitative estimate of drug-likeness (QED) is 0.485. The molecule has 0 fully saturated rings. The van der Waals surface area contributed by atoms with Crippen LogP contribution in [0.25, 0.3) is 0 Å². The third-order valence-corrected chi connectivity index (χ3v) is 5.59. The van der Waals surface area contributed by atoms with E-state index in [9.17, 15) is 13.2 Å². The van der Waals surface area contributed by atoms with Gasteiger partial charge in [-0.3, -0.25) is 0 Å². The van der Waals surface area contributed by atoms with Crippen molar-refractivity contribution in [3.63, 3.8) is 0 Å². The summed E-state index contributed by atoms with van der Waals surface area (Å²) in [5.41, 5.74) is -3.46. The average molecular weight is 212 g/mol. The van der Waals surface area contributed by atoms with E-state index >= 15 is 0 Å². The molecule has 0 aromatic rings. The van der Waals surface area contributed by atoms with Crippen molar-refractivity contribution in [1.82, 2.24) is 0 Å². The zero-order valence-electron chi connectivity index (χ0n) is 6.82. The fraction of sp³-hybridized carbons (Fsp3) is 0.333. The fourth-order valence-electron chi connectivity index (χ4n) is 0.718. The minimum atomic E-state index is -3.46. The highest BCUT2D eigenvalue weighted by Gasteiger charge is 2.44. The van der Waals surface area contributed by atoms with Crippen LogP contribution in [0.5, 0.6) is 0 Å². The van der Waals surface area contributed by atoms with E-state index in [0.717, 1.165) is 0 Å². The molecule has 0 amide bonds. The standard InChI is InChI=1S/C6H11F3OSi2/c1-3-4-12(10-11)6(8,9)5(2)7/h3,12H,1-2,4H2,11H3. The van der Waals surface area contributed by atoms with E-state index in [1.807, 2.05) is 0 Å². The van der Waals surface area contributed by atoms with Crippen molar-refractivity contribution in [2.24, 2.45) is 0 Å². The van der Waals surface area contributed by atoms with Crippen LogP contribution in [0.1, 0.15) is 0 Å². The summed E-state index contributed by atoms with van der Waals surface area (Å²) in [6, 6.07) is 0.0550. The normalized spacial score (nSPS) is 14.2. The van der Waals surface area contributed by atoms with E-state index in [-0.39, 0.29) is 16.5 Å². The van der Waals surface area contributed by atoms with Crippen molar-refractivity contribution in [3.05, 3.63) is 25.1 Å². The number of allylic oxidation sites excluding steroid dienone is 2. The molecule has 0 aliphatic rings. The number of halogens is 3. The van der Waals surface area contributed by atoms with Gasteiger partial charge in [0.15, 0.2) is 5.83 Å². The molecule has 1 unspecified atom stereocenters. The van der Waals surface area contributed by atoms with Crippen LogP contribution in [0.15, 0.2) is 25.1 Å². The van der Waals surface area contributed by atoms with Crippen molar-refractivity contribution < 1.29 is 17.3 Å². The molecule has 0 saturated carbocycles. The van der Waals surface area contributed by atoms with Crippen molar-refractivity contribution in [2.75, 3.05) is 0 Å². The van der Waals surface area contributed by atoms with E-state index in [2.05, 4.69) is 17.3 Å². The number of hydrogen-bond donors (Lipinski definition) is 0. The summed E-state index contributed by atoms with van der Waals surface area (Å²) in [6.45, 7) is 5.90. The van der Waals surface area contributed by atoms with Crippen LogP contribution in [-0.2, 0) is 4.12 Å². The molecule has 0 radical (unpaired) electrons. The molecule has 6 heteroatoms. The number of rotatable bonds is 5. The van der Waals surface area contributed by atoms with E-state index in [1.165, 1.54) is 6.08 Å². The molecule has 70 valence electrons. The first kappa shape index (κ1) is 11.7. The molecule has 12 heavy (non-hydrogen) atoms. The Morgan fingerprint density at radius 1 is 1.67 bits per heavy atom. The summed E-state index contributed by atoms with van der Waals surface area (Å²) in [4.78, 5) is 0. The van der Waals surface area contributed by atoms with Gasteiger partial charge in [-0.05, 0) is 6.04 Å². The lowest BCUT2D eigenvalue weighted by Crippen LogP contribution is -2.40. The van der Waals surface area contributed by atoms with Crippen LogP contribution in [-0.4, -0.2) is 25.1 Å². The number of hydrogen-bond acceptors (Lipinski definition) is 1. The van der Waals surface area contributed by atoms with Gasteiger partial charge in [-0.15, -0.1) is 6.58 Å². The van der Waals surface area contributed by atoms with Gasteiger partial charge in [0.05, 0.1) is 0 Å². The third kappa shape index (κ3) is 2.61. The Hall–Kier alpha value is -0.336. The van der Waals surface area contributed by atoms with Gasteiger partial charge in [0.25, 0.3) is 9.04 Å². The summed E-state index contributed by atoms with van der Waals surface area (Å²) in [5, 5.41) is 0. The Kier molecular flexibility index (Phi) is 4.50. The SMILES string of the molecule is C=CC[SiH](O[SiH3])C(F)(F)C(=C)F. The molecule has 0 spiro atoms. The van der Waals surface area contributed by atoms with Gasteiger partial charge in [0.2, 0.25) is 0 Å². The molecule has 0 rings (SSSR count). The summed E-state index contributed by atoms with van der Waals surface area (Å²) in [7, 11) is -2.65. The second-order valence-corrected chi connectivity index (χ2v) is 6.34. The lowest BCUT2D eigenvalue weighted by Gasteiger charge is -2.21. The van der Waals surface area contributed by atoms with Gasteiger partial charge in [0, 0.05) is 0 Å². The molecular formula is C6H11F3OSi2. The van der Waals surface area contributed by atoms with Crippen LogP contribution in [0.3, 0.4) is 0 Å². The molecule has 0 aliphatic heterocycles. The Labute approximate surface area is 74.2 Å². The lowest BCUT2D eigenvalue weighted by atomic mass is 10.6. The zero-order valence-corrected chi connectivity index (χ0v) is 9.97. The largest absolute Gasteiger partial charge is 0.461 e. The maximum atomic E-state index is 12.8. The second kappa shape index (κ2) is 4.63. The highest BCUT2D eigenvalue weighted by Crippen LogP contribution is 2.28. The summed E-state index contributed by atoms with van der Waals surface area (Å²) < 4.78 is 42.6. The molecule has 0 bridgehead atoms. The molecular weight excluding hydrogens is 201 g/mol. The minimum absolute atomic E-state index is 0.0550. The maximum absolute atomic E-state index is 12.8. The second-order valence-electron chi connectivity index (χ2n) is 2.28. The minimum Gasteiger partial charge on any atom is -0.461 e. The van der Waals surface area contributed by atoms with Crippen LogP contribution >= 0.6 is 0 Å². The molecule has 0 N–H and O–H groups in total. The highest BCUT2D eigenvalue weighted by molar-refractivity contribution is 6.59. The van der Waals surface area contributed by atoms with Gasteiger partial charge in [-0.25, -0.2) is 13.2 Å². The highest BCUT2D eigenvalue weighted by atomic mass is 28.3. The average Bonchev–Trinajstić information content (AvgIpc) is 1.99. The lowest BCUT2D eigenvalue weighted by molar-refractivity contribution is 0.0883. The molecule has 0 aromatic carbocycles. The summed E-state index contributed by atoms with van der Waals surface area (Å²) in [5.74, 6) is -1.60. The molecule has 1 nitrogen and oxygen atoms in total. The topological polar surface area (TPSA) is 9.23 Å². The molecule has 0 saturated heterocycles. The molecule has 0 heterocycles. The molecule has 0 aromatic heterocycles. The Morgan fingerprint density at radius 2 is 2.17 bits per heavy atom. The van der Waals surface area contributed by atoms with Gasteiger partial charge < -0.3 is 4.12 Å². The van der Waals surface area contributed by atoms with Crippen molar-refractivity contribution in [3.8, 4) is 0 Å². The Balaban J connectivity index is 4.46. The monoisotopic (exact) mass is 212 g/mol. The van der Waals surface area contributed by atoms with Gasteiger partial charge in [0.1, 0.15) is 10.5 Å². The van der Waals surface area contributed by atoms with Crippen LogP contribution in [0, 0.1) is 0 Å². The van der Waals surface area contributed by atoms with Gasteiger partial charge in [-0.1, -0.05) is 12.7 Å². The Bertz CT molecular complexity index is 184. The molecule has 1 atom stereocenters. The van der Waals surface area contributed by atoms with E-state index in [1.54, 1.807) is 0 Å². The fourth-order valence-corrected chi connectivity index (χ4v) is 3.62. The van der Waals surface area contributed by atoms with Crippen molar-refractivity contribution in [2.45, 2.75) is 11.6 Å². The first-order valence-corrected chi connectivity index (χ1v) is 6.01. The third-order valence-electron chi connectivity index (χ3n) is 1.43. The summed E-state index contributed by atoms with van der Waals surface area (Å²) in [6.07, 6.45) is 1.33. The summed E-state index contributed by atoms with van der Waals surface area (Å²) >= 11 is 0. The van der Waals surface area contributed by atoms with Crippen LogP contribution in [0.4, 0.5) is 13.2 Å². The van der Waals surface area contributed by atoms with Crippen LogP contribution in [0.2, 0.25) is 6.04 Å². The Morgan fingerprint density at radius 3 is 2.42 bits per heavy atom. The van der Waals surface area contributed by atoms with E-state index in [4.69, 9.17) is 0 Å². The predicted molar refractivity (Wildman–Crippen MR) is 48.4 cm³/mol. The van der Waals surface area contributed by atoms with Gasteiger partial charge >= 0.3 is 5.55 Å². The zero-order chi connectivity index (χ0) is 9.78. The van der Waals surface area contributed by atoms with E-state index < -0.39 is 20.4 Å². The van der Waals surface area contributed by atoms with Crippen molar-refractivity contribution in [1.29, 1.82) is 0 Å². The molecule has 0 aliphatic carbocycles. The van der Waals surface area contributed by atoms with Gasteiger partial charge in [-0.2, -0.15) is 0 Å². The predicted octanol–water partition coefficient (Wildman–Crippen LogP) is 0.851.